The number of rotatable bonds is 4. The fourth-order valence-electron chi connectivity index (χ4n) is 2.54. The number of nitro benzene ring substituents is 1. The largest absolute Gasteiger partial charge is 0.496 e. The molecule has 2 aromatic rings. The molecule has 1 heterocycles. The van der Waals surface area contributed by atoms with E-state index in [2.05, 4.69) is 27.3 Å². The number of anilines is 1. The van der Waals surface area contributed by atoms with Crippen molar-refractivity contribution in [3.8, 4) is 5.75 Å². The van der Waals surface area contributed by atoms with Crippen LogP contribution < -0.4 is 10.1 Å². The average molecular weight is 448 g/mol. The first-order chi connectivity index (χ1) is 12.8. The van der Waals surface area contributed by atoms with E-state index >= 15 is 0 Å². The number of nitrogens with zero attached hydrogens (tertiary/aromatic N) is 2. The molecule has 8 heteroatoms. The monoisotopic (exact) mass is 447 g/mol. The maximum Gasteiger partial charge on any atom is 0.296 e. The van der Waals surface area contributed by atoms with Gasteiger partial charge in [0.25, 0.3) is 5.69 Å². The predicted octanol–water partition coefficient (Wildman–Crippen LogP) is 5.70. The Balaban J connectivity index is 1.85. The molecule has 1 N–H and O–H groups in total. The van der Waals surface area contributed by atoms with E-state index < -0.39 is 10.5 Å². The van der Waals surface area contributed by atoms with Crippen LogP contribution in [0.15, 0.2) is 56.8 Å². The third-order valence-corrected chi connectivity index (χ3v) is 5.75. The second kappa shape index (κ2) is 7.74. The maximum atomic E-state index is 11.4. The number of benzene rings is 2. The molecule has 2 aromatic carbocycles. The second-order valence-corrected chi connectivity index (χ2v) is 8.35. The van der Waals surface area contributed by atoms with Crippen LogP contribution in [0.1, 0.15) is 19.4 Å². The smallest absolute Gasteiger partial charge is 0.296 e. The minimum Gasteiger partial charge on any atom is -0.496 e. The molecule has 0 bridgehead atoms. The molecular formula is C19H18BrN3O3S. The van der Waals surface area contributed by atoms with Gasteiger partial charge in [0.15, 0.2) is 5.17 Å². The number of thioether (sulfide) groups is 1. The van der Waals surface area contributed by atoms with Crippen LogP contribution in [0.25, 0.3) is 6.08 Å². The first-order valence-electron chi connectivity index (χ1n) is 8.13. The third-order valence-electron chi connectivity index (χ3n) is 4.00. The van der Waals surface area contributed by atoms with E-state index in [0.29, 0.717) is 16.6 Å². The van der Waals surface area contributed by atoms with Crippen LogP contribution in [0, 0.1) is 10.1 Å². The minimum absolute atomic E-state index is 0.0548. The summed E-state index contributed by atoms with van der Waals surface area (Å²) in [5.74, 6) is 0.435. The first-order valence-corrected chi connectivity index (χ1v) is 9.74. The molecule has 0 aliphatic carbocycles. The summed E-state index contributed by atoms with van der Waals surface area (Å²) in [4.78, 5) is 16.7. The Morgan fingerprint density at radius 3 is 2.59 bits per heavy atom. The van der Waals surface area contributed by atoms with E-state index in [1.54, 1.807) is 12.1 Å². The van der Waals surface area contributed by atoms with E-state index in [-0.39, 0.29) is 5.69 Å². The quantitative estimate of drug-likeness (QED) is 0.480. The zero-order chi connectivity index (χ0) is 19.6. The molecule has 0 spiro atoms. The zero-order valence-electron chi connectivity index (χ0n) is 15.0. The number of hydrogen-bond donors (Lipinski definition) is 1. The highest BCUT2D eigenvalue weighted by Gasteiger charge is 2.32. The van der Waals surface area contributed by atoms with Gasteiger partial charge < -0.3 is 10.1 Å². The molecule has 0 amide bonds. The summed E-state index contributed by atoms with van der Waals surface area (Å²) in [6.07, 6.45) is 2.08. The summed E-state index contributed by atoms with van der Waals surface area (Å²) in [5, 5.41) is 15.1. The lowest BCUT2D eigenvalue weighted by Gasteiger charge is -2.15. The maximum absolute atomic E-state index is 11.4. The molecule has 27 heavy (non-hydrogen) atoms. The van der Waals surface area contributed by atoms with Gasteiger partial charge in [0.1, 0.15) is 11.4 Å². The molecule has 0 atom stereocenters. The normalized spacial score (nSPS) is 16.9. The Kier molecular flexibility index (Phi) is 5.57. The molecule has 0 saturated heterocycles. The van der Waals surface area contributed by atoms with Gasteiger partial charge in [-0.05, 0) is 49.8 Å². The van der Waals surface area contributed by atoms with Crippen molar-refractivity contribution in [1.29, 1.82) is 0 Å². The number of methoxy groups -OCH3 is 1. The molecule has 0 radical (unpaired) electrons. The van der Waals surface area contributed by atoms with Gasteiger partial charge in [-0.1, -0.05) is 39.8 Å². The van der Waals surface area contributed by atoms with E-state index in [9.17, 15) is 10.1 Å². The first kappa shape index (κ1) is 19.4. The van der Waals surface area contributed by atoms with E-state index in [0.717, 1.165) is 14.9 Å². The number of hydrogen-bond acceptors (Lipinski definition) is 6. The highest BCUT2D eigenvalue weighted by atomic mass is 79.9. The van der Waals surface area contributed by atoms with Crippen LogP contribution in [-0.4, -0.2) is 22.7 Å². The van der Waals surface area contributed by atoms with Crippen LogP contribution >= 0.6 is 27.7 Å². The van der Waals surface area contributed by atoms with Crippen molar-refractivity contribution in [3.63, 3.8) is 0 Å². The lowest BCUT2D eigenvalue weighted by Crippen LogP contribution is -2.14. The van der Waals surface area contributed by atoms with Crippen molar-refractivity contribution >= 4 is 50.3 Å². The molecule has 6 nitrogen and oxygen atoms in total. The molecule has 3 rings (SSSR count). The van der Waals surface area contributed by atoms with E-state index in [1.807, 2.05) is 38.1 Å². The molecule has 0 aromatic heterocycles. The summed E-state index contributed by atoms with van der Waals surface area (Å²) >= 11 is 4.91. The van der Waals surface area contributed by atoms with E-state index in [1.165, 1.54) is 24.9 Å². The van der Waals surface area contributed by atoms with Crippen LogP contribution in [0.5, 0.6) is 5.75 Å². The lowest BCUT2D eigenvalue weighted by molar-refractivity contribution is -0.384. The minimum atomic E-state index is -0.436. The van der Waals surface area contributed by atoms with E-state index in [4.69, 9.17) is 9.73 Å². The van der Waals surface area contributed by atoms with Crippen molar-refractivity contribution in [2.24, 2.45) is 4.99 Å². The van der Waals surface area contributed by atoms with Gasteiger partial charge in [-0.25, -0.2) is 0 Å². The molecule has 0 saturated carbocycles. The van der Waals surface area contributed by atoms with Crippen molar-refractivity contribution in [2.45, 2.75) is 19.4 Å². The van der Waals surface area contributed by atoms with Crippen molar-refractivity contribution in [2.75, 3.05) is 12.4 Å². The third kappa shape index (κ3) is 4.51. The van der Waals surface area contributed by atoms with Crippen LogP contribution in [0.2, 0.25) is 0 Å². The Hall–Kier alpha value is -2.32. The molecule has 1 aliphatic rings. The SMILES string of the molecule is COc1ccc(NC2=NC(C)(C)/C(=C/c3ccc(Br)cc3)S2)c([N+](=O)[O-])c1. The van der Waals surface area contributed by atoms with Crippen LogP contribution in [0.3, 0.4) is 0 Å². The number of nitrogens with one attached hydrogen (secondary N) is 1. The Bertz CT molecular complexity index is 940. The van der Waals surface area contributed by atoms with Crippen molar-refractivity contribution in [1.82, 2.24) is 0 Å². The Morgan fingerprint density at radius 1 is 1.26 bits per heavy atom. The molecule has 1 aliphatic heterocycles. The summed E-state index contributed by atoms with van der Waals surface area (Å²) in [6, 6.07) is 12.7. The van der Waals surface area contributed by atoms with Gasteiger partial charge in [0, 0.05) is 9.38 Å². The number of aliphatic imine (C=N–C) groups is 1. The topological polar surface area (TPSA) is 76.8 Å². The number of ether oxygens (including phenoxy) is 1. The Morgan fingerprint density at radius 2 is 1.96 bits per heavy atom. The standard InChI is InChI=1S/C19H18BrN3O3S/c1-19(2)17(10-12-4-6-13(20)7-5-12)27-18(22-19)21-15-9-8-14(26-3)11-16(15)23(24)25/h4-11H,1-3H3,(H,21,22)/b17-10-. The summed E-state index contributed by atoms with van der Waals surface area (Å²) < 4.78 is 6.10. The van der Waals surface area contributed by atoms with Crippen LogP contribution in [-0.2, 0) is 0 Å². The molecule has 140 valence electrons. The number of amidine groups is 1. The van der Waals surface area contributed by atoms with Gasteiger partial charge in [0.2, 0.25) is 0 Å². The molecule has 0 fully saturated rings. The fraction of sp³-hybridized carbons (Fsp3) is 0.211. The molecule has 0 unspecified atom stereocenters. The number of halogens is 1. The second-order valence-electron chi connectivity index (χ2n) is 6.40. The molecular weight excluding hydrogens is 430 g/mol. The predicted molar refractivity (Wildman–Crippen MR) is 114 cm³/mol. The van der Waals surface area contributed by atoms with Gasteiger partial charge in [-0.2, -0.15) is 0 Å². The summed E-state index contributed by atoms with van der Waals surface area (Å²) in [5.41, 5.74) is 0.982. The van der Waals surface area contributed by atoms with Crippen LogP contribution in [0.4, 0.5) is 11.4 Å². The highest BCUT2D eigenvalue weighted by molar-refractivity contribution is 9.10. The zero-order valence-corrected chi connectivity index (χ0v) is 17.4. The fourth-order valence-corrected chi connectivity index (χ4v) is 3.94. The average Bonchev–Trinajstić information content (AvgIpc) is 2.90. The van der Waals surface area contributed by atoms with Gasteiger partial charge >= 0.3 is 0 Å². The van der Waals surface area contributed by atoms with Crippen molar-refractivity contribution in [3.05, 3.63) is 67.5 Å². The Labute approximate surface area is 170 Å². The van der Waals surface area contributed by atoms with Gasteiger partial charge in [0.05, 0.1) is 23.6 Å². The highest BCUT2D eigenvalue weighted by Crippen LogP contribution is 2.41. The van der Waals surface area contributed by atoms with Gasteiger partial charge in [-0.3, -0.25) is 15.1 Å². The van der Waals surface area contributed by atoms with Gasteiger partial charge in [-0.15, -0.1) is 0 Å². The summed E-state index contributed by atoms with van der Waals surface area (Å²) in [7, 11) is 1.48. The number of nitro groups is 1. The lowest BCUT2D eigenvalue weighted by atomic mass is 10.0. The van der Waals surface area contributed by atoms with Crippen molar-refractivity contribution < 1.29 is 9.66 Å². The summed E-state index contributed by atoms with van der Waals surface area (Å²) in [6.45, 7) is 4.03.